The molecule has 39 heavy (non-hydrogen) atoms. The van der Waals surface area contributed by atoms with E-state index in [9.17, 15) is 14.7 Å². The van der Waals surface area contributed by atoms with Crippen LogP contribution in [0.5, 0.6) is 11.5 Å². The number of ketones is 1. The number of aliphatic hydroxyl groups excluding tert-OH is 1. The van der Waals surface area contributed by atoms with Gasteiger partial charge in [-0.2, -0.15) is 0 Å². The summed E-state index contributed by atoms with van der Waals surface area (Å²) in [6.45, 7) is 0.0947. The Kier molecular flexibility index (Phi) is 6.04. The molecule has 3 aromatic carbocycles. The number of para-hydroxylation sites is 2. The van der Waals surface area contributed by atoms with E-state index in [2.05, 4.69) is 4.98 Å². The third-order valence-electron chi connectivity index (χ3n) is 6.99. The third-order valence-corrected chi connectivity index (χ3v) is 7.21. The highest BCUT2D eigenvalue weighted by atomic mass is 35.5. The number of rotatable bonds is 7. The molecule has 1 atom stereocenters. The molecule has 0 radical (unpaired) electrons. The first-order valence-electron chi connectivity index (χ1n) is 12.1. The number of Topliss-reactive ketones (excluding diaryl/α,β-unsaturated/α-hetero) is 1. The van der Waals surface area contributed by atoms with Crippen molar-refractivity contribution in [2.24, 2.45) is 0 Å². The molecule has 0 fully saturated rings. The van der Waals surface area contributed by atoms with Crippen molar-refractivity contribution in [3.63, 3.8) is 0 Å². The second-order valence-corrected chi connectivity index (χ2v) is 9.60. The maximum absolute atomic E-state index is 14.0. The number of fused-ring (bicyclic) bond motifs is 2. The fourth-order valence-corrected chi connectivity index (χ4v) is 5.41. The number of aromatic amines is 1. The van der Waals surface area contributed by atoms with Crippen LogP contribution in [0, 0.1) is 0 Å². The Morgan fingerprint density at radius 2 is 1.79 bits per heavy atom. The minimum absolute atomic E-state index is 0.0519. The number of H-pyrrole nitrogens is 1. The van der Waals surface area contributed by atoms with Crippen molar-refractivity contribution >= 4 is 45.2 Å². The summed E-state index contributed by atoms with van der Waals surface area (Å²) < 4.78 is 16.8. The van der Waals surface area contributed by atoms with Crippen LogP contribution in [0.25, 0.3) is 21.9 Å². The first-order valence-corrected chi connectivity index (χ1v) is 12.5. The Labute approximate surface area is 228 Å². The van der Waals surface area contributed by atoms with Gasteiger partial charge in [0.05, 0.1) is 32.4 Å². The Morgan fingerprint density at radius 3 is 2.59 bits per heavy atom. The largest absolute Gasteiger partial charge is 0.503 e. The zero-order chi connectivity index (χ0) is 27.3. The smallest absolute Gasteiger partial charge is 0.290 e. The van der Waals surface area contributed by atoms with Gasteiger partial charge in [-0.3, -0.25) is 9.59 Å². The fraction of sp³-hybridized carbons (Fsp3) is 0.133. The number of furan rings is 1. The molecule has 0 spiro atoms. The van der Waals surface area contributed by atoms with Crippen LogP contribution < -0.4 is 9.47 Å². The van der Waals surface area contributed by atoms with Gasteiger partial charge in [0.1, 0.15) is 5.75 Å². The molecule has 0 saturated carbocycles. The lowest BCUT2D eigenvalue weighted by Crippen LogP contribution is -2.30. The van der Waals surface area contributed by atoms with E-state index < -0.39 is 23.5 Å². The summed E-state index contributed by atoms with van der Waals surface area (Å²) in [4.78, 5) is 32.3. The number of nitrogens with zero attached hydrogens (tertiary/aromatic N) is 1. The molecule has 0 bridgehead atoms. The van der Waals surface area contributed by atoms with Gasteiger partial charge >= 0.3 is 0 Å². The van der Waals surface area contributed by atoms with Gasteiger partial charge in [-0.05, 0) is 24.3 Å². The summed E-state index contributed by atoms with van der Waals surface area (Å²) in [5, 5.41) is 13.0. The normalized spacial score (nSPS) is 15.5. The maximum Gasteiger partial charge on any atom is 0.290 e. The lowest BCUT2D eigenvalue weighted by molar-refractivity contribution is -0.130. The van der Waals surface area contributed by atoms with E-state index in [-0.39, 0.29) is 17.9 Å². The molecule has 2 N–H and O–H groups in total. The number of nitrogens with one attached hydrogen (secondary N) is 1. The van der Waals surface area contributed by atoms with Gasteiger partial charge in [-0.15, -0.1) is 0 Å². The van der Waals surface area contributed by atoms with Gasteiger partial charge in [0.15, 0.2) is 22.9 Å². The number of benzene rings is 3. The van der Waals surface area contributed by atoms with Crippen molar-refractivity contribution in [3.05, 3.63) is 106 Å². The van der Waals surface area contributed by atoms with E-state index in [1.54, 1.807) is 31.5 Å². The van der Waals surface area contributed by atoms with Gasteiger partial charge in [0, 0.05) is 44.7 Å². The molecule has 1 aliphatic rings. The number of methoxy groups -OCH3 is 2. The third kappa shape index (κ3) is 4.00. The highest BCUT2D eigenvalue weighted by molar-refractivity contribution is 6.31. The Hall–Kier alpha value is -4.69. The molecule has 196 valence electrons. The highest BCUT2D eigenvalue weighted by Gasteiger charge is 2.45. The average Bonchev–Trinajstić information content (AvgIpc) is 3.63. The molecule has 1 amide bonds. The second kappa shape index (κ2) is 9.56. The van der Waals surface area contributed by atoms with Crippen molar-refractivity contribution in [1.82, 2.24) is 9.88 Å². The summed E-state index contributed by atoms with van der Waals surface area (Å²) in [6.07, 6.45) is 1.76. The quantitative estimate of drug-likeness (QED) is 0.232. The molecule has 1 aliphatic heterocycles. The molecule has 5 aromatic rings. The first kappa shape index (κ1) is 24.6. The zero-order valence-electron chi connectivity index (χ0n) is 21.0. The Morgan fingerprint density at radius 1 is 1.05 bits per heavy atom. The summed E-state index contributed by atoms with van der Waals surface area (Å²) in [7, 11) is 3.02. The van der Waals surface area contributed by atoms with Crippen LogP contribution in [0.15, 0.2) is 88.7 Å². The summed E-state index contributed by atoms with van der Waals surface area (Å²) >= 11 is 6.21. The van der Waals surface area contributed by atoms with Crippen LogP contribution in [0.4, 0.5) is 0 Å². The number of aliphatic hydroxyl groups is 1. The number of carbonyl (C=O) groups is 2. The van der Waals surface area contributed by atoms with Gasteiger partial charge in [-0.1, -0.05) is 48.0 Å². The van der Waals surface area contributed by atoms with E-state index in [4.69, 9.17) is 25.5 Å². The number of halogens is 1. The predicted octanol–water partition coefficient (Wildman–Crippen LogP) is 6.36. The van der Waals surface area contributed by atoms with E-state index in [1.807, 2.05) is 42.5 Å². The van der Waals surface area contributed by atoms with Gasteiger partial charge in [0.25, 0.3) is 5.91 Å². The lowest BCUT2D eigenvalue weighted by Gasteiger charge is -2.27. The number of aromatic nitrogens is 1. The second-order valence-electron chi connectivity index (χ2n) is 9.17. The number of amides is 1. The van der Waals surface area contributed by atoms with Crippen LogP contribution in [0.2, 0.25) is 5.02 Å². The lowest BCUT2D eigenvalue weighted by atomic mass is 9.94. The van der Waals surface area contributed by atoms with Gasteiger partial charge < -0.3 is 28.9 Å². The van der Waals surface area contributed by atoms with Crippen molar-refractivity contribution in [2.75, 3.05) is 14.2 Å². The molecular weight excluding hydrogens is 520 g/mol. The summed E-state index contributed by atoms with van der Waals surface area (Å²) in [5.74, 6) is -1.02. The highest BCUT2D eigenvalue weighted by Crippen LogP contribution is 2.44. The zero-order valence-corrected chi connectivity index (χ0v) is 21.8. The molecule has 2 aromatic heterocycles. The molecule has 0 saturated heterocycles. The molecule has 9 heteroatoms. The van der Waals surface area contributed by atoms with Gasteiger partial charge in [0.2, 0.25) is 5.78 Å². The fourth-order valence-electron chi connectivity index (χ4n) is 5.19. The molecule has 1 unspecified atom stereocenters. The molecular formula is C30H23ClN2O6. The summed E-state index contributed by atoms with van der Waals surface area (Å²) in [6, 6.07) is 18.7. The SMILES string of the molecule is COc1ccccc1CN1C(=O)C(O)=C(C(=O)c2cc3cc(Cl)cc(OC)c3o2)C1c1c[nH]c2ccccc12. The van der Waals surface area contributed by atoms with Crippen molar-refractivity contribution in [2.45, 2.75) is 12.6 Å². The first-order chi connectivity index (χ1) is 18.9. The van der Waals surface area contributed by atoms with Crippen molar-refractivity contribution in [1.29, 1.82) is 0 Å². The Balaban J connectivity index is 1.50. The minimum Gasteiger partial charge on any atom is -0.503 e. The number of hydrogen-bond acceptors (Lipinski definition) is 6. The monoisotopic (exact) mass is 542 g/mol. The standard InChI is InChI=1S/C30H23ClN2O6/c1-37-22-10-6-3-7-16(22)15-33-26(20-14-32-21-9-5-4-8-19(20)21)25(28(35)30(33)36)27(34)23-12-17-11-18(31)13-24(38-2)29(17)39-23/h3-14,26,32,35H,15H2,1-2H3. The van der Waals surface area contributed by atoms with Crippen LogP contribution >= 0.6 is 11.6 Å². The van der Waals surface area contributed by atoms with Crippen LogP contribution in [-0.4, -0.2) is 40.9 Å². The molecule has 8 nitrogen and oxygen atoms in total. The Bertz CT molecular complexity index is 1800. The number of hydrogen-bond donors (Lipinski definition) is 2. The van der Waals surface area contributed by atoms with Crippen LogP contribution in [0.1, 0.15) is 27.7 Å². The average molecular weight is 543 g/mol. The van der Waals surface area contributed by atoms with E-state index >= 15 is 0 Å². The number of ether oxygens (including phenoxy) is 2. The van der Waals surface area contributed by atoms with E-state index in [1.165, 1.54) is 18.1 Å². The predicted molar refractivity (Wildman–Crippen MR) is 146 cm³/mol. The minimum atomic E-state index is -0.898. The number of carbonyl (C=O) groups excluding carboxylic acids is 2. The molecule has 6 rings (SSSR count). The molecule has 3 heterocycles. The van der Waals surface area contributed by atoms with Crippen molar-refractivity contribution in [3.8, 4) is 11.5 Å². The molecule has 0 aliphatic carbocycles. The van der Waals surface area contributed by atoms with E-state index in [0.717, 1.165) is 16.5 Å². The maximum atomic E-state index is 14.0. The summed E-state index contributed by atoms with van der Waals surface area (Å²) in [5.41, 5.74) is 2.48. The van der Waals surface area contributed by atoms with Gasteiger partial charge in [-0.25, -0.2) is 0 Å². The van der Waals surface area contributed by atoms with Crippen LogP contribution in [0.3, 0.4) is 0 Å². The topological polar surface area (TPSA) is 105 Å². The van der Waals surface area contributed by atoms with Crippen LogP contribution in [-0.2, 0) is 11.3 Å². The van der Waals surface area contributed by atoms with E-state index in [0.29, 0.717) is 33.1 Å². The van der Waals surface area contributed by atoms with Crippen molar-refractivity contribution < 1.29 is 28.6 Å².